The van der Waals surface area contributed by atoms with Gasteiger partial charge in [-0.25, -0.2) is 14.6 Å². The third-order valence-electron chi connectivity index (χ3n) is 6.61. The molecule has 2 amide bonds. The number of carbonyl (C=O) groups is 1. The lowest BCUT2D eigenvalue weighted by Gasteiger charge is -2.24. The van der Waals surface area contributed by atoms with E-state index in [0.717, 1.165) is 40.1 Å². The standard InChI is InChI=1S/C27H33N5O4/c1-6-18-11-16(2)25(17(3)12-18)30-24-15-21-20-14-23(36-5)22(35-4)13-19(20)7-9-31(21)27(34)32(24)10-8-29-26(28)33/h11-15H,6-10H2,1-5H3,(H3,28,29,33). The monoisotopic (exact) mass is 491 g/mol. The highest BCUT2D eigenvalue weighted by Crippen LogP contribution is 2.37. The Morgan fingerprint density at radius 1 is 1.08 bits per heavy atom. The first-order valence-corrected chi connectivity index (χ1v) is 12.1. The van der Waals surface area contributed by atoms with E-state index in [9.17, 15) is 9.59 Å². The van der Waals surface area contributed by atoms with Gasteiger partial charge in [0.25, 0.3) is 0 Å². The van der Waals surface area contributed by atoms with Gasteiger partial charge in [0.05, 0.1) is 25.6 Å². The summed E-state index contributed by atoms with van der Waals surface area (Å²) in [6.07, 6.45) is 1.61. The quantitative estimate of drug-likeness (QED) is 0.529. The molecule has 36 heavy (non-hydrogen) atoms. The average molecular weight is 492 g/mol. The highest BCUT2D eigenvalue weighted by Gasteiger charge is 2.22. The zero-order chi connectivity index (χ0) is 26.0. The molecule has 2 aromatic carbocycles. The van der Waals surface area contributed by atoms with Crippen molar-refractivity contribution in [3.05, 3.63) is 68.6 Å². The minimum absolute atomic E-state index is 0.196. The third-order valence-corrected chi connectivity index (χ3v) is 6.61. The lowest BCUT2D eigenvalue weighted by atomic mass is 9.97. The van der Waals surface area contributed by atoms with Crippen LogP contribution >= 0.6 is 0 Å². The zero-order valence-electron chi connectivity index (χ0n) is 21.5. The van der Waals surface area contributed by atoms with Gasteiger partial charge < -0.3 is 20.5 Å². The van der Waals surface area contributed by atoms with Crippen LogP contribution in [0.25, 0.3) is 11.3 Å². The van der Waals surface area contributed by atoms with Crippen LogP contribution in [0.2, 0.25) is 0 Å². The maximum Gasteiger partial charge on any atom is 0.330 e. The number of nitrogens with one attached hydrogen (secondary N) is 1. The number of aryl methyl sites for hydroxylation is 4. The Labute approximate surface area is 210 Å². The number of methoxy groups -OCH3 is 2. The molecule has 0 saturated carbocycles. The fourth-order valence-electron chi connectivity index (χ4n) is 4.80. The Hall–Kier alpha value is -4.01. The molecule has 0 fully saturated rings. The summed E-state index contributed by atoms with van der Waals surface area (Å²) < 4.78 is 14.4. The first-order valence-electron chi connectivity index (χ1n) is 12.1. The van der Waals surface area contributed by atoms with Crippen LogP contribution < -0.4 is 31.7 Å². The van der Waals surface area contributed by atoms with Gasteiger partial charge in [-0.3, -0.25) is 9.13 Å². The lowest BCUT2D eigenvalue weighted by molar-refractivity contribution is 0.248. The van der Waals surface area contributed by atoms with Gasteiger partial charge in [0, 0.05) is 31.3 Å². The molecule has 1 aliphatic heterocycles. The zero-order valence-corrected chi connectivity index (χ0v) is 21.5. The van der Waals surface area contributed by atoms with Crippen LogP contribution in [-0.2, 0) is 25.9 Å². The second kappa shape index (κ2) is 10.3. The molecule has 9 nitrogen and oxygen atoms in total. The van der Waals surface area contributed by atoms with Gasteiger partial charge in [0.2, 0.25) is 0 Å². The van der Waals surface area contributed by atoms with E-state index in [4.69, 9.17) is 20.2 Å². The number of primary amides is 1. The predicted molar refractivity (Wildman–Crippen MR) is 139 cm³/mol. The minimum Gasteiger partial charge on any atom is -0.493 e. The number of ether oxygens (including phenoxy) is 2. The highest BCUT2D eigenvalue weighted by atomic mass is 16.5. The number of amides is 2. The van der Waals surface area contributed by atoms with Crippen molar-refractivity contribution < 1.29 is 14.3 Å². The molecular weight excluding hydrogens is 458 g/mol. The topological polar surface area (TPSA) is 113 Å². The van der Waals surface area contributed by atoms with Crippen LogP contribution in [0.1, 0.15) is 29.2 Å². The van der Waals surface area contributed by atoms with Gasteiger partial charge >= 0.3 is 11.7 Å². The lowest BCUT2D eigenvalue weighted by Crippen LogP contribution is -2.44. The molecular formula is C27H33N5O4. The van der Waals surface area contributed by atoms with Crippen LogP contribution in [-0.4, -0.2) is 35.9 Å². The van der Waals surface area contributed by atoms with Gasteiger partial charge in [-0.2, -0.15) is 0 Å². The van der Waals surface area contributed by atoms with Gasteiger partial charge in [0.15, 0.2) is 11.5 Å². The smallest absolute Gasteiger partial charge is 0.330 e. The van der Waals surface area contributed by atoms with Gasteiger partial charge in [-0.1, -0.05) is 19.1 Å². The van der Waals surface area contributed by atoms with Crippen LogP contribution in [0.4, 0.5) is 10.5 Å². The molecule has 3 aromatic rings. The molecule has 4 rings (SSSR count). The van der Waals surface area contributed by atoms with Crippen LogP contribution in [0.5, 0.6) is 11.5 Å². The average Bonchev–Trinajstić information content (AvgIpc) is 2.86. The molecule has 0 spiro atoms. The maximum absolute atomic E-state index is 13.7. The molecule has 190 valence electrons. The van der Waals surface area contributed by atoms with E-state index in [1.54, 1.807) is 23.4 Å². The number of hydrogen-bond acceptors (Lipinski definition) is 5. The van der Waals surface area contributed by atoms with Gasteiger partial charge in [-0.15, -0.1) is 0 Å². The van der Waals surface area contributed by atoms with E-state index < -0.39 is 6.03 Å². The number of nitrogens with zero attached hydrogens (tertiary/aromatic N) is 3. The first-order chi connectivity index (χ1) is 17.3. The molecule has 0 saturated heterocycles. The van der Waals surface area contributed by atoms with Crippen molar-refractivity contribution in [3.63, 3.8) is 0 Å². The minimum atomic E-state index is -0.635. The van der Waals surface area contributed by atoms with Crippen molar-refractivity contribution in [3.8, 4) is 22.8 Å². The number of carbonyl (C=O) groups excluding carboxylic acids is 1. The fraction of sp³-hybridized carbons (Fsp3) is 0.370. The Kier molecular flexibility index (Phi) is 7.19. The normalized spacial score (nSPS) is 12.6. The second-order valence-corrected chi connectivity index (χ2v) is 8.92. The molecule has 2 heterocycles. The number of benzene rings is 2. The predicted octanol–water partition coefficient (Wildman–Crippen LogP) is 2.97. The number of hydrogen-bond donors (Lipinski definition) is 2. The largest absolute Gasteiger partial charge is 0.493 e. The summed E-state index contributed by atoms with van der Waals surface area (Å²) in [5, 5.41) is 2.57. The van der Waals surface area contributed by atoms with Crippen molar-refractivity contribution in [1.82, 2.24) is 14.5 Å². The number of fused-ring (bicyclic) bond motifs is 3. The van der Waals surface area contributed by atoms with Crippen LogP contribution in [0.15, 0.2) is 40.1 Å². The van der Waals surface area contributed by atoms with E-state index >= 15 is 0 Å². The van der Waals surface area contributed by atoms with E-state index in [-0.39, 0.29) is 18.8 Å². The molecule has 1 aliphatic rings. The van der Waals surface area contributed by atoms with Crippen molar-refractivity contribution in [2.45, 2.75) is 46.7 Å². The summed E-state index contributed by atoms with van der Waals surface area (Å²) >= 11 is 0. The summed E-state index contributed by atoms with van der Waals surface area (Å²) in [4.78, 5) is 30.0. The second-order valence-electron chi connectivity index (χ2n) is 8.92. The van der Waals surface area contributed by atoms with Crippen LogP contribution in [0.3, 0.4) is 0 Å². The SMILES string of the molecule is CCc1cc(C)c(N=c2cc3n(c(=O)n2CCNC(N)=O)CCc2cc(OC)c(OC)cc2-3)c(C)c1. The Morgan fingerprint density at radius 2 is 1.75 bits per heavy atom. The summed E-state index contributed by atoms with van der Waals surface area (Å²) in [6, 6.07) is 9.43. The van der Waals surface area contributed by atoms with E-state index in [1.165, 1.54) is 5.56 Å². The van der Waals surface area contributed by atoms with Crippen molar-refractivity contribution in [2.24, 2.45) is 10.7 Å². The molecule has 0 unspecified atom stereocenters. The Morgan fingerprint density at radius 3 is 2.36 bits per heavy atom. The summed E-state index contributed by atoms with van der Waals surface area (Å²) in [6.45, 7) is 7.15. The number of urea groups is 1. The van der Waals surface area contributed by atoms with Crippen molar-refractivity contribution in [1.29, 1.82) is 0 Å². The van der Waals surface area contributed by atoms with Gasteiger partial charge in [-0.05, 0) is 61.1 Å². The molecule has 3 N–H and O–H groups in total. The molecule has 0 aliphatic carbocycles. The number of rotatable bonds is 7. The number of aromatic nitrogens is 2. The maximum atomic E-state index is 13.7. The van der Waals surface area contributed by atoms with Crippen LogP contribution in [0, 0.1) is 13.8 Å². The van der Waals surface area contributed by atoms with E-state index in [0.29, 0.717) is 30.0 Å². The Balaban J connectivity index is 1.97. The molecule has 1 aromatic heterocycles. The van der Waals surface area contributed by atoms with Crippen molar-refractivity contribution >= 4 is 11.7 Å². The highest BCUT2D eigenvalue weighted by molar-refractivity contribution is 5.71. The van der Waals surface area contributed by atoms with Gasteiger partial charge in [0.1, 0.15) is 5.49 Å². The third kappa shape index (κ3) is 4.73. The molecule has 9 heteroatoms. The summed E-state index contributed by atoms with van der Waals surface area (Å²) in [7, 11) is 3.21. The molecule has 0 bridgehead atoms. The van der Waals surface area contributed by atoms with E-state index in [2.05, 4.69) is 24.4 Å². The molecule has 0 radical (unpaired) electrons. The first kappa shape index (κ1) is 25.1. The fourth-order valence-corrected chi connectivity index (χ4v) is 4.80. The summed E-state index contributed by atoms with van der Waals surface area (Å²) in [5.41, 5.74) is 12.5. The Bertz CT molecular complexity index is 1430. The molecule has 0 atom stereocenters. The summed E-state index contributed by atoms with van der Waals surface area (Å²) in [5.74, 6) is 1.25. The van der Waals surface area contributed by atoms with E-state index in [1.807, 2.05) is 32.0 Å². The van der Waals surface area contributed by atoms with Crippen molar-refractivity contribution in [2.75, 3.05) is 20.8 Å². The number of nitrogens with two attached hydrogens (primary N) is 1.